The van der Waals surface area contributed by atoms with Crippen LogP contribution in [0.25, 0.3) is 0 Å². The lowest BCUT2D eigenvalue weighted by molar-refractivity contribution is 0.0689. The number of carboxylic acid groups (broad SMARTS) is 1. The van der Waals surface area contributed by atoms with Crippen molar-refractivity contribution in [2.75, 3.05) is 6.54 Å². The summed E-state index contributed by atoms with van der Waals surface area (Å²) < 4.78 is 5.62. The van der Waals surface area contributed by atoms with Crippen LogP contribution in [0.4, 0.5) is 0 Å². The molecule has 0 radical (unpaired) electrons. The number of carbonyl (C=O) groups excluding carboxylic acids is 1. The molecule has 0 saturated heterocycles. The van der Waals surface area contributed by atoms with E-state index in [0.717, 1.165) is 12.4 Å². The molecule has 2 N–H and O–H groups in total. The summed E-state index contributed by atoms with van der Waals surface area (Å²) in [7, 11) is 0. The summed E-state index contributed by atoms with van der Waals surface area (Å²) in [5.74, 6) is -1.06. The molecule has 8 heteroatoms. The number of amides is 1. The van der Waals surface area contributed by atoms with Gasteiger partial charge in [-0.25, -0.2) is 14.8 Å². The Balaban J connectivity index is 1.87. The molecule has 23 heavy (non-hydrogen) atoms. The van der Waals surface area contributed by atoms with Crippen molar-refractivity contribution in [2.24, 2.45) is 0 Å². The molecular formula is C15H14ClN3O4. The van der Waals surface area contributed by atoms with Crippen LogP contribution in [0, 0.1) is 0 Å². The molecule has 1 atom stereocenters. The maximum absolute atomic E-state index is 11.9. The number of carboxylic acids is 1. The maximum atomic E-state index is 11.9. The van der Waals surface area contributed by atoms with Crippen LogP contribution in [0.5, 0.6) is 5.75 Å². The van der Waals surface area contributed by atoms with Crippen LogP contribution in [0.2, 0.25) is 5.02 Å². The van der Waals surface area contributed by atoms with E-state index < -0.39 is 11.9 Å². The highest BCUT2D eigenvalue weighted by atomic mass is 35.5. The lowest BCUT2D eigenvalue weighted by Crippen LogP contribution is -2.34. The van der Waals surface area contributed by atoms with Gasteiger partial charge in [0.25, 0.3) is 5.91 Å². The van der Waals surface area contributed by atoms with Crippen molar-refractivity contribution in [2.45, 2.75) is 13.0 Å². The second-order valence-electron chi connectivity index (χ2n) is 4.69. The summed E-state index contributed by atoms with van der Waals surface area (Å²) in [6, 6.07) is 6.94. The first kappa shape index (κ1) is 16.7. The summed E-state index contributed by atoms with van der Waals surface area (Å²) in [4.78, 5) is 30.0. The highest BCUT2D eigenvalue weighted by Gasteiger charge is 2.12. The zero-order valence-corrected chi connectivity index (χ0v) is 12.9. The molecule has 7 nitrogen and oxygen atoms in total. The number of hydrogen-bond acceptors (Lipinski definition) is 5. The topological polar surface area (TPSA) is 101 Å². The van der Waals surface area contributed by atoms with Gasteiger partial charge in [-0.1, -0.05) is 17.7 Å². The van der Waals surface area contributed by atoms with E-state index in [2.05, 4.69) is 15.3 Å². The number of benzene rings is 1. The average Bonchev–Trinajstić information content (AvgIpc) is 2.52. The Labute approximate surface area is 137 Å². The van der Waals surface area contributed by atoms with Crippen molar-refractivity contribution in [3.8, 4) is 5.75 Å². The number of carbonyl (C=O) groups is 2. The number of aromatic nitrogens is 2. The van der Waals surface area contributed by atoms with Crippen molar-refractivity contribution in [1.29, 1.82) is 0 Å². The Bertz CT molecular complexity index is 706. The molecule has 1 aromatic heterocycles. The summed E-state index contributed by atoms with van der Waals surface area (Å²) in [6.45, 7) is 2.04. The van der Waals surface area contributed by atoms with Gasteiger partial charge in [0.2, 0.25) is 0 Å². The second-order valence-corrected chi connectivity index (χ2v) is 5.12. The van der Waals surface area contributed by atoms with Crippen LogP contribution in [0.1, 0.15) is 27.9 Å². The number of aromatic carboxylic acids is 1. The van der Waals surface area contributed by atoms with Crippen LogP contribution in [0.15, 0.2) is 36.7 Å². The lowest BCUT2D eigenvalue weighted by Gasteiger charge is -2.15. The molecule has 1 aromatic carbocycles. The monoisotopic (exact) mass is 335 g/mol. The van der Waals surface area contributed by atoms with Crippen molar-refractivity contribution in [3.63, 3.8) is 0 Å². The van der Waals surface area contributed by atoms with Gasteiger partial charge in [0.05, 0.1) is 18.9 Å². The normalized spacial score (nSPS) is 11.6. The molecule has 0 spiro atoms. The first-order chi connectivity index (χ1) is 11.0. The van der Waals surface area contributed by atoms with Crippen LogP contribution in [-0.2, 0) is 0 Å². The van der Waals surface area contributed by atoms with Crippen molar-refractivity contribution in [3.05, 3.63) is 53.1 Å². The van der Waals surface area contributed by atoms with Gasteiger partial charge in [0, 0.05) is 5.02 Å². The summed E-state index contributed by atoms with van der Waals surface area (Å²) >= 11 is 5.86. The number of nitrogens with zero attached hydrogens (tertiary/aromatic N) is 2. The summed E-state index contributed by atoms with van der Waals surface area (Å²) in [6.07, 6.45) is 1.86. The Kier molecular flexibility index (Phi) is 5.48. The van der Waals surface area contributed by atoms with Crippen molar-refractivity contribution >= 4 is 23.5 Å². The van der Waals surface area contributed by atoms with E-state index >= 15 is 0 Å². The minimum Gasteiger partial charge on any atom is -0.489 e. The van der Waals surface area contributed by atoms with Gasteiger partial charge in [0.15, 0.2) is 5.69 Å². The lowest BCUT2D eigenvalue weighted by atomic mass is 10.3. The van der Waals surface area contributed by atoms with E-state index in [1.807, 2.05) is 0 Å². The minimum absolute atomic E-state index is 0.0324. The number of halogens is 1. The predicted octanol–water partition coefficient (Wildman–Crippen LogP) is 2.03. The molecule has 2 aromatic rings. The molecule has 0 saturated carbocycles. The Morgan fingerprint density at radius 1 is 1.30 bits per heavy atom. The minimum atomic E-state index is -1.20. The molecule has 1 unspecified atom stereocenters. The SMILES string of the molecule is CC(CNC(=O)c1cnc(C(=O)O)cn1)Oc1cccc(Cl)c1. The van der Waals surface area contributed by atoms with E-state index in [4.69, 9.17) is 21.4 Å². The maximum Gasteiger partial charge on any atom is 0.356 e. The molecular weight excluding hydrogens is 322 g/mol. The Morgan fingerprint density at radius 3 is 2.61 bits per heavy atom. The van der Waals surface area contributed by atoms with Gasteiger partial charge in [-0.2, -0.15) is 0 Å². The molecule has 120 valence electrons. The number of nitrogens with one attached hydrogen (secondary N) is 1. The van der Waals surface area contributed by atoms with Crippen molar-refractivity contribution in [1.82, 2.24) is 15.3 Å². The molecule has 2 rings (SSSR count). The first-order valence-electron chi connectivity index (χ1n) is 6.71. The third-order valence-corrected chi connectivity index (χ3v) is 3.02. The van der Waals surface area contributed by atoms with Gasteiger partial charge in [-0.15, -0.1) is 0 Å². The van der Waals surface area contributed by atoms with E-state index in [0.29, 0.717) is 10.8 Å². The second kappa shape index (κ2) is 7.55. The number of hydrogen-bond donors (Lipinski definition) is 2. The van der Waals surface area contributed by atoms with E-state index in [1.165, 1.54) is 0 Å². The van der Waals surface area contributed by atoms with Crippen LogP contribution < -0.4 is 10.1 Å². The number of ether oxygens (including phenoxy) is 1. The summed E-state index contributed by atoms with van der Waals surface area (Å²) in [5.41, 5.74) is -0.191. The quantitative estimate of drug-likeness (QED) is 0.837. The Morgan fingerprint density at radius 2 is 2.00 bits per heavy atom. The third kappa shape index (κ3) is 4.93. The van der Waals surface area contributed by atoms with Crippen LogP contribution >= 0.6 is 11.6 Å². The molecule has 1 amide bonds. The van der Waals surface area contributed by atoms with E-state index in [9.17, 15) is 9.59 Å². The zero-order chi connectivity index (χ0) is 16.8. The first-order valence-corrected chi connectivity index (χ1v) is 7.09. The highest BCUT2D eigenvalue weighted by molar-refractivity contribution is 6.30. The molecule has 0 aliphatic heterocycles. The standard InChI is InChI=1S/C15H14ClN3O4/c1-9(23-11-4-2-3-10(16)5-11)6-19-14(20)12-7-18-13(8-17-12)15(21)22/h2-5,7-9H,6H2,1H3,(H,19,20)(H,21,22). The van der Waals surface area contributed by atoms with E-state index in [-0.39, 0.29) is 24.0 Å². The zero-order valence-electron chi connectivity index (χ0n) is 12.2. The van der Waals surface area contributed by atoms with Gasteiger partial charge >= 0.3 is 5.97 Å². The smallest absolute Gasteiger partial charge is 0.356 e. The molecule has 1 heterocycles. The fraction of sp³-hybridized carbons (Fsp3) is 0.200. The number of rotatable bonds is 6. The van der Waals surface area contributed by atoms with Gasteiger partial charge in [0.1, 0.15) is 17.5 Å². The predicted molar refractivity (Wildman–Crippen MR) is 82.9 cm³/mol. The fourth-order valence-electron chi connectivity index (χ4n) is 1.70. The van der Waals surface area contributed by atoms with E-state index in [1.54, 1.807) is 31.2 Å². The largest absolute Gasteiger partial charge is 0.489 e. The van der Waals surface area contributed by atoms with Crippen LogP contribution in [0.3, 0.4) is 0 Å². The summed E-state index contributed by atoms with van der Waals surface area (Å²) in [5, 5.41) is 11.9. The molecule has 0 aliphatic carbocycles. The molecule has 0 bridgehead atoms. The van der Waals surface area contributed by atoms with Crippen LogP contribution in [-0.4, -0.2) is 39.6 Å². The average molecular weight is 336 g/mol. The van der Waals surface area contributed by atoms with Crippen molar-refractivity contribution < 1.29 is 19.4 Å². The van der Waals surface area contributed by atoms with Gasteiger partial charge in [-0.3, -0.25) is 4.79 Å². The highest BCUT2D eigenvalue weighted by Crippen LogP contribution is 2.18. The fourth-order valence-corrected chi connectivity index (χ4v) is 1.88. The van der Waals surface area contributed by atoms with Gasteiger partial charge in [-0.05, 0) is 25.1 Å². The van der Waals surface area contributed by atoms with Gasteiger partial charge < -0.3 is 15.2 Å². The third-order valence-electron chi connectivity index (χ3n) is 2.79. The molecule has 0 fully saturated rings. The molecule has 0 aliphatic rings. The Hall–Kier alpha value is -2.67.